The minimum atomic E-state index is -0.180. The first-order valence-corrected chi connectivity index (χ1v) is 6.21. The highest BCUT2D eigenvalue weighted by Gasteiger charge is 2.27. The molecule has 1 unspecified atom stereocenters. The summed E-state index contributed by atoms with van der Waals surface area (Å²) in [6, 6.07) is 5.63. The normalized spacial score (nSPS) is 17.8. The number of fused-ring (bicyclic) bond motifs is 1. The Labute approximate surface area is 110 Å². The number of carbonyl (C=O) groups excluding carboxylic acids is 1. The van der Waals surface area contributed by atoms with Crippen molar-refractivity contribution < 1.29 is 9.53 Å². The number of carbonyl (C=O) groups is 1. The third-order valence-corrected chi connectivity index (χ3v) is 3.29. The Kier molecular flexibility index (Phi) is 2.98. The average molecular weight is 258 g/mol. The fraction of sp³-hybridized carbons (Fsp3) is 0.385. The Bertz CT molecular complexity index is 594. The van der Waals surface area contributed by atoms with E-state index in [-0.39, 0.29) is 11.9 Å². The summed E-state index contributed by atoms with van der Waals surface area (Å²) in [5, 5.41) is 4.42. The van der Waals surface area contributed by atoms with Gasteiger partial charge >= 0.3 is 5.97 Å². The molecule has 6 nitrogen and oxygen atoms in total. The molecule has 0 spiro atoms. The van der Waals surface area contributed by atoms with E-state index in [0.717, 1.165) is 24.4 Å². The van der Waals surface area contributed by atoms with Gasteiger partial charge in [-0.05, 0) is 18.6 Å². The summed E-state index contributed by atoms with van der Waals surface area (Å²) < 4.78 is 6.57. The van der Waals surface area contributed by atoms with Gasteiger partial charge in [-0.1, -0.05) is 6.07 Å². The summed E-state index contributed by atoms with van der Waals surface area (Å²) in [5.41, 5.74) is 0.749. The molecule has 0 aromatic carbocycles. The zero-order chi connectivity index (χ0) is 13.2. The maximum atomic E-state index is 11.6. The van der Waals surface area contributed by atoms with E-state index in [1.54, 1.807) is 10.9 Å². The Hall–Kier alpha value is -2.24. The lowest BCUT2D eigenvalue weighted by molar-refractivity contribution is -0.146. The fourth-order valence-electron chi connectivity index (χ4n) is 2.27. The zero-order valence-corrected chi connectivity index (χ0v) is 10.6. The van der Waals surface area contributed by atoms with Crippen molar-refractivity contribution in [3.8, 4) is 11.5 Å². The van der Waals surface area contributed by atoms with Crippen LogP contribution in [0.1, 0.15) is 12.2 Å². The third-order valence-electron chi connectivity index (χ3n) is 3.29. The van der Waals surface area contributed by atoms with E-state index in [4.69, 9.17) is 4.74 Å². The van der Waals surface area contributed by atoms with Gasteiger partial charge < -0.3 is 4.74 Å². The molecule has 3 rings (SSSR count). The second-order valence-corrected chi connectivity index (χ2v) is 4.51. The summed E-state index contributed by atoms with van der Waals surface area (Å²) in [7, 11) is 1.42. The van der Waals surface area contributed by atoms with Gasteiger partial charge in [0.1, 0.15) is 11.5 Å². The number of nitrogens with zero attached hydrogens (tertiary/aromatic N) is 4. The predicted octanol–water partition coefficient (Wildman–Crippen LogP) is 1.08. The molecular weight excluding hydrogens is 244 g/mol. The molecule has 1 atom stereocenters. The van der Waals surface area contributed by atoms with Gasteiger partial charge in [0.05, 0.1) is 19.6 Å². The average Bonchev–Trinajstić information content (AvgIpc) is 2.90. The van der Waals surface area contributed by atoms with Gasteiger partial charge in [0.2, 0.25) is 0 Å². The van der Waals surface area contributed by atoms with Crippen LogP contribution in [0.2, 0.25) is 0 Å². The number of ether oxygens (including phenoxy) is 1. The summed E-state index contributed by atoms with van der Waals surface area (Å²) in [4.78, 5) is 20.3. The van der Waals surface area contributed by atoms with Gasteiger partial charge in [-0.3, -0.25) is 9.78 Å². The molecule has 1 aliphatic heterocycles. The second kappa shape index (κ2) is 4.79. The molecule has 2 aromatic rings. The van der Waals surface area contributed by atoms with E-state index in [0.29, 0.717) is 12.4 Å². The molecule has 0 N–H and O–H groups in total. The van der Waals surface area contributed by atoms with Gasteiger partial charge in [0.15, 0.2) is 5.82 Å². The van der Waals surface area contributed by atoms with Crippen molar-refractivity contribution in [3.63, 3.8) is 0 Å². The van der Waals surface area contributed by atoms with Crippen LogP contribution in [0.4, 0.5) is 0 Å². The number of methoxy groups -OCH3 is 1. The van der Waals surface area contributed by atoms with Gasteiger partial charge in [-0.15, -0.1) is 5.10 Å². The maximum Gasteiger partial charge on any atom is 0.310 e. The summed E-state index contributed by atoms with van der Waals surface area (Å²) >= 11 is 0. The molecule has 0 bridgehead atoms. The SMILES string of the molecule is COC(=O)C1CCc2nc(-c3ccccn3)nn2C1. The zero-order valence-electron chi connectivity index (χ0n) is 10.6. The van der Waals surface area contributed by atoms with E-state index < -0.39 is 0 Å². The molecule has 2 aromatic heterocycles. The summed E-state index contributed by atoms with van der Waals surface area (Å²) in [6.45, 7) is 0.530. The first-order chi connectivity index (χ1) is 9.28. The largest absolute Gasteiger partial charge is 0.469 e. The Morgan fingerprint density at radius 3 is 3.11 bits per heavy atom. The topological polar surface area (TPSA) is 69.9 Å². The first kappa shape index (κ1) is 11.8. The molecule has 0 fully saturated rings. The van der Waals surface area contributed by atoms with Gasteiger partial charge in [-0.2, -0.15) is 0 Å². The lowest BCUT2D eigenvalue weighted by atomic mass is 10.0. The second-order valence-electron chi connectivity index (χ2n) is 4.51. The number of hydrogen-bond donors (Lipinski definition) is 0. The first-order valence-electron chi connectivity index (χ1n) is 6.21. The van der Waals surface area contributed by atoms with Crippen molar-refractivity contribution in [2.75, 3.05) is 7.11 Å². The van der Waals surface area contributed by atoms with Crippen LogP contribution >= 0.6 is 0 Å². The molecule has 19 heavy (non-hydrogen) atoms. The summed E-state index contributed by atoms with van der Waals surface area (Å²) in [5.74, 6) is 1.21. The van der Waals surface area contributed by atoms with Crippen LogP contribution in [-0.2, 0) is 22.5 Å². The molecule has 1 aliphatic rings. The van der Waals surface area contributed by atoms with E-state index in [1.807, 2.05) is 18.2 Å². The highest BCUT2D eigenvalue weighted by Crippen LogP contribution is 2.22. The minimum Gasteiger partial charge on any atom is -0.469 e. The molecule has 0 amide bonds. The van der Waals surface area contributed by atoms with Gasteiger partial charge in [-0.25, -0.2) is 9.67 Å². The van der Waals surface area contributed by atoms with Crippen LogP contribution in [-0.4, -0.2) is 32.8 Å². The monoisotopic (exact) mass is 258 g/mol. The number of hydrogen-bond acceptors (Lipinski definition) is 5. The van der Waals surface area contributed by atoms with Crippen molar-refractivity contribution in [1.82, 2.24) is 19.7 Å². The number of aromatic nitrogens is 4. The lowest BCUT2D eigenvalue weighted by Gasteiger charge is -2.19. The Balaban J connectivity index is 1.87. The molecule has 0 aliphatic carbocycles. The van der Waals surface area contributed by atoms with E-state index in [1.165, 1.54) is 7.11 Å². The third kappa shape index (κ3) is 2.21. The predicted molar refractivity (Wildman–Crippen MR) is 67.1 cm³/mol. The fourth-order valence-corrected chi connectivity index (χ4v) is 2.27. The van der Waals surface area contributed by atoms with Crippen LogP contribution in [0.3, 0.4) is 0 Å². The molecule has 98 valence electrons. The quantitative estimate of drug-likeness (QED) is 0.754. The molecule has 3 heterocycles. The highest BCUT2D eigenvalue weighted by molar-refractivity contribution is 5.72. The van der Waals surface area contributed by atoms with Crippen molar-refractivity contribution >= 4 is 5.97 Å². The number of aryl methyl sites for hydroxylation is 1. The minimum absolute atomic E-state index is 0.129. The van der Waals surface area contributed by atoms with Gasteiger partial charge in [0.25, 0.3) is 0 Å². The Morgan fingerprint density at radius 1 is 1.47 bits per heavy atom. The van der Waals surface area contributed by atoms with Crippen LogP contribution in [0.25, 0.3) is 11.5 Å². The number of esters is 1. The van der Waals surface area contributed by atoms with Crippen molar-refractivity contribution in [2.45, 2.75) is 19.4 Å². The smallest absolute Gasteiger partial charge is 0.310 e. The standard InChI is InChI=1S/C13H14N4O2/c1-19-13(18)9-5-6-11-15-12(16-17(11)8-9)10-4-2-3-7-14-10/h2-4,7,9H,5-6,8H2,1H3. The number of rotatable bonds is 2. The molecular formula is C13H14N4O2. The Morgan fingerprint density at radius 2 is 2.37 bits per heavy atom. The molecule has 0 saturated heterocycles. The van der Waals surface area contributed by atoms with Crippen molar-refractivity contribution in [1.29, 1.82) is 0 Å². The number of pyridine rings is 1. The molecule has 0 radical (unpaired) electrons. The lowest BCUT2D eigenvalue weighted by Crippen LogP contribution is -2.28. The molecule has 0 saturated carbocycles. The van der Waals surface area contributed by atoms with Crippen molar-refractivity contribution in [2.24, 2.45) is 5.92 Å². The van der Waals surface area contributed by atoms with E-state index >= 15 is 0 Å². The molecule has 6 heteroatoms. The maximum absolute atomic E-state index is 11.6. The van der Waals surface area contributed by atoms with E-state index in [9.17, 15) is 4.79 Å². The van der Waals surface area contributed by atoms with E-state index in [2.05, 4.69) is 15.1 Å². The van der Waals surface area contributed by atoms with Gasteiger partial charge in [0, 0.05) is 12.6 Å². The summed E-state index contributed by atoms with van der Waals surface area (Å²) in [6.07, 6.45) is 3.21. The van der Waals surface area contributed by atoms with Crippen LogP contribution in [0, 0.1) is 5.92 Å². The van der Waals surface area contributed by atoms with Crippen molar-refractivity contribution in [3.05, 3.63) is 30.2 Å². The van der Waals surface area contributed by atoms with Crippen LogP contribution in [0.15, 0.2) is 24.4 Å². The highest BCUT2D eigenvalue weighted by atomic mass is 16.5. The van der Waals surface area contributed by atoms with Crippen LogP contribution in [0.5, 0.6) is 0 Å². The van der Waals surface area contributed by atoms with Crippen LogP contribution < -0.4 is 0 Å².